The van der Waals surface area contributed by atoms with Gasteiger partial charge in [-0.15, -0.1) is 0 Å². The zero-order valence-electron chi connectivity index (χ0n) is 13.7. The summed E-state index contributed by atoms with van der Waals surface area (Å²) in [7, 11) is 1.87. The molecule has 2 aromatic heterocycles. The normalized spacial score (nSPS) is 19.0. The molecule has 1 unspecified atom stereocenters. The van der Waals surface area contributed by atoms with Gasteiger partial charge in [-0.1, -0.05) is 12.1 Å². The molecule has 126 valence electrons. The van der Waals surface area contributed by atoms with Crippen LogP contribution in [-0.4, -0.2) is 37.3 Å². The molecule has 6 nitrogen and oxygen atoms in total. The molecule has 3 N–H and O–H groups in total. The standard InChI is InChI=1S/C19H17N3O3/c1-21-9-11-6-7-22(25)17-14(11)18(21)19(24)16-15(17)13(8-20-16)10-2-4-12(23)5-3-10/h2-5,8-9,17,20,23,25H,6-7H2,1H3. The van der Waals surface area contributed by atoms with Gasteiger partial charge in [-0.05, 0) is 29.7 Å². The Hall–Kier alpha value is -2.83. The summed E-state index contributed by atoms with van der Waals surface area (Å²) in [5.41, 5.74) is 5.76. The minimum atomic E-state index is -0.359. The molecule has 1 aliphatic carbocycles. The number of fused-ring (bicyclic) bond motifs is 2. The number of hydrogen-bond donors (Lipinski definition) is 3. The summed E-state index contributed by atoms with van der Waals surface area (Å²) in [4.78, 5) is 16.2. The highest BCUT2D eigenvalue weighted by atomic mass is 16.5. The van der Waals surface area contributed by atoms with Crippen LogP contribution in [0.3, 0.4) is 0 Å². The number of aromatic hydroxyl groups is 1. The van der Waals surface area contributed by atoms with E-state index in [1.807, 2.05) is 36.1 Å². The first-order valence-corrected chi connectivity index (χ1v) is 8.25. The number of carbonyl (C=O) groups is 1. The predicted octanol–water partition coefficient (Wildman–Crippen LogP) is 2.61. The Labute approximate surface area is 143 Å². The monoisotopic (exact) mass is 335 g/mol. The number of nitrogens with zero attached hydrogens (tertiary/aromatic N) is 2. The number of carbonyl (C=O) groups excluding carboxylic acids is 1. The van der Waals surface area contributed by atoms with Gasteiger partial charge < -0.3 is 19.9 Å². The average molecular weight is 335 g/mol. The zero-order chi connectivity index (χ0) is 17.3. The van der Waals surface area contributed by atoms with Crippen molar-refractivity contribution in [3.8, 4) is 16.9 Å². The maximum absolute atomic E-state index is 13.0. The molecule has 0 saturated heterocycles. The lowest BCUT2D eigenvalue weighted by Crippen LogP contribution is -2.37. The van der Waals surface area contributed by atoms with Crippen LogP contribution in [0.15, 0.2) is 36.7 Å². The maximum atomic E-state index is 13.0. The molecule has 2 aliphatic rings. The molecule has 25 heavy (non-hydrogen) atoms. The second-order valence-electron chi connectivity index (χ2n) is 6.71. The third-order valence-electron chi connectivity index (χ3n) is 5.30. The molecule has 1 aliphatic heterocycles. The average Bonchev–Trinajstić information content (AvgIpc) is 3.17. The van der Waals surface area contributed by atoms with E-state index in [9.17, 15) is 15.1 Å². The molecule has 3 heterocycles. The van der Waals surface area contributed by atoms with Crippen LogP contribution in [0.2, 0.25) is 0 Å². The fourth-order valence-electron chi connectivity index (χ4n) is 4.21. The van der Waals surface area contributed by atoms with Gasteiger partial charge in [0.25, 0.3) is 0 Å². The highest BCUT2D eigenvalue weighted by Crippen LogP contribution is 2.46. The fourth-order valence-corrected chi connectivity index (χ4v) is 4.21. The van der Waals surface area contributed by atoms with E-state index in [1.54, 1.807) is 12.1 Å². The first-order chi connectivity index (χ1) is 12.1. The van der Waals surface area contributed by atoms with Crippen LogP contribution in [0, 0.1) is 0 Å². The quantitative estimate of drug-likeness (QED) is 0.638. The SMILES string of the molecule is Cn1cc2c3c1C(=O)c1[nH]cc(-c4ccc(O)cc4)c1C3N(O)CC2. The number of aromatic amines is 1. The number of aromatic nitrogens is 2. The van der Waals surface area contributed by atoms with Crippen LogP contribution in [0.1, 0.15) is 38.9 Å². The van der Waals surface area contributed by atoms with E-state index in [0.29, 0.717) is 17.9 Å². The third-order valence-corrected chi connectivity index (χ3v) is 5.30. The van der Waals surface area contributed by atoms with Gasteiger partial charge in [0.1, 0.15) is 5.75 Å². The number of ketones is 1. The number of nitrogens with one attached hydrogen (secondary N) is 1. The van der Waals surface area contributed by atoms with Gasteiger partial charge in [0.15, 0.2) is 0 Å². The number of benzene rings is 1. The number of aryl methyl sites for hydroxylation is 1. The Bertz CT molecular complexity index is 1010. The molecule has 5 rings (SSSR count). The topological polar surface area (TPSA) is 81.5 Å². The van der Waals surface area contributed by atoms with Crippen molar-refractivity contribution in [3.63, 3.8) is 0 Å². The van der Waals surface area contributed by atoms with Crippen LogP contribution in [0.4, 0.5) is 0 Å². The second kappa shape index (κ2) is 4.84. The van der Waals surface area contributed by atoms with E-state index in [4.69, 9.17) is 0 Å². The van der Waals surface area contributed by atoms with Gasteiger partial charge in [0, 0.05) is 42.7 Å². The molecule has 6 heteroatoms. The van der Waals surface area contributed by atoms with Crippen molar-refractivity contribution >= 4 is 5.78 Å². The number of phenolic OH excluding ortho intramolecular Hbond substituents is 1. The summed E-state index contributed by atoms with van der Waals surface area (Å²) in [5.74, 6) is 0.147. The Morgan fingerprint density at radius 1 is 1.20 bits per heavy atom. The second-order valence-corrected chi connectivity index (χ2v) is 6.71. The summed E-state index contributed by atoms with van der Waals surface area (Å²) in [5, 5.41) is 21.5. The Morgan fingerprint density at radius 3 is 2.72 bits per heavy atom. The largest absolute Gasteiger partial charge is 0.508 e. The fraction of sp³-hybridized carbons (Fsp3) is 0.211. The Kier molecular flexibility index (Phi) is 2.81. The van der Waals surface area contributed by atoms with Crippen LogP contribution >= 0.6 is 0 Å². The highest BCUT2D eigenvalue weighted by Gasteiger charge is 2.43. The smallest absolute Gasteiger partial charge is 0.226 e. The van der Waals surface area contributed by atoms with Crippen molar-refractivity contribution in [3.05, 3.63) is 64.7 Å². The van der Waals surface area contributed by atoms with Gasteiger partial charge in [-0.3, -0.25) is 4.79 Å². The minimum absolute atomic E-state index is 0.0460. The van der Waals surface area contributed by atoms with Crippen LogP contribution in [-0.2, 0) is 13.5 Å². The van der Waals surface area contributed by atoms with Crippen molar-refractivity contribution in [2.24, 2.45) is 7.05 Å². The summed E-state index contributed by atoms with van der Waals surface area (Å²) in [6, 6.07) is 6.51. The number of hydroxylamine groups is 2. The molecule has 0 spiro atoms. The number of hydrogen-bond acceptors (Lipinski definition) is 4. The first kappa shape index (κ1) is 14.5. The van der Waals surface area contributed by atoms with Crippen LogP contribution in [0.25, 0.3) is 11.1 Å². The van der Waals surface area contributed by atoms with Crippen molar-refractivity contribution in [2.45, 2.75) is 12.5 Å². The van der Waals surface area contributed by atoms with E-state index in [2.05, 4.69) is 4.98 Å². The zero-order valence-corrected chi connectivity index (χ0v) is 13.7. The maximum Gasteiger partial charge on any atom is 0.226 e. The van der Waals surface area contributed by atoms with E-state index in [1.165, 1.54) is 5.06 Å². The molecule has 0 radical (unpaired) electrons. The first-order valence-electron chi connectivity index (χ1n) is 8.25. The molecule has 0 bridgehead atoms. The molecule has 1 atom stereocenters. The van der Waals surface area contributed by atoms with Crippen molar-refractivity contribution in [1.29, 1.82) is 0 Å². The van der Waals surface area contributed by atoms with Gasteiger partial charge in [-0.25, -0.2) is 0 Å². The Morgan fingerprint density at radius 2 is 1.96 bits per heavy atom. The third kappa shape index (κ3) is 1.83. The lowest BCUT2D eigenvalue weighted by atomic mass is 9.81. The Balaban J connectivity index is 1.78. The van der Waals surface area contributed by atoms with E-state index < -0.39 is 0 Å². The molecule has 0 fully saturated rings. The molecular formula is C19H17N3O3. The summed E-state index contributed by atoms with van der Waals surface area (Å²) >= 11 is 0. The van der Waals surface area contributed by atoms with E-state index >= 15 is 0 Å². The summed E-state index contributed by atoms with van der Waals surface area (Å²) in [6.07, 6.45) is 4.52. The number of rotatable bonds is 1. The van der Waals surface area contributed by atoms with E-state index in [-0.39, 0.29) is 17.6 Å². The molecule has 1 aromatic carbocycles. The molecule has 0 saturated carbocycles. The summed E-state index contributed by atoms with van der Waals surface area (Å²) in [6.45, 7) is 0.523. The highest BCUT2D eigenvalue weighted by molar-refractivity contribution is 6.12. The molecule has 3 aromatic rings. The number of phenols is 1. The van der Waals surface area contributed by atoms with Crippen LogP contribution in [0.5, 0.6) is 5.75 Å². The van der Waals surface area contributed by atoms with Gasteiger partial charge in [0.05, 0.1) is 17.4 Å². The van der Waals surface area contributed by atoms with Crippen LogP contribution < -0.4 is 0 Å². The van der Waals surface area contributed by atoms with Gasteiger partial charge >= 0.3 is 0 Å². The minimum Gasteiger partial charge on any atom is -0.508 e. The lowest BCUT2D eigenvalue weighted by molar-refractivity contribution is -0.121. The van der Waals surface area contributed by atoms with Crippen molar-refractivity contribution in [1.82, 2.24) is 14.6 Å². The van der Waals surface area contributed by atoms with Crippen molar-refractivity contribution in [2.75, 3.05) is 6.54 Å². The van der Waals surface area contributed by atoms with Crippen molar-refractivity contribution < 1.29 is 15.1 Å². The molecular weight excluding hydrogens is 318 g/mol. The van der Waals surface area contributed by atoms with Gasteiger partial charge in [-0.2, -0.15) is 5.06 Å². The van der Waals surface area contributed by atoms with E-state index in [0.717, 1.165) is 34.2 Å². The summed E-state index contributed by atoms with van der Waals surface area (Å²) < 4.78 is 1.86. The lowest BCUT2D eigenvalue weighted by Gasteiger charge is -2.35. The number of H-pyrrole nitrogens is 1. The predicted molar refractivity (Wildman–Crippen MR) is 90.8 cm³/mol. The van der Waals surface area contributed by atoms with Gasteiger partial charge in [0.2, 0.25) is 5.78 Å². The molecule has 0 amide bonds.